The third-order valence-corrected chi connectivity index (χ3v) is 4.88. The van der Waals surface area contributed by atoms with E-state index in [0.717, 1.165) is 22.6 Å². The number of rotatable bonds is 2. The van der Waals surface area contributed by atoms with Crippen molar-refractivity contribution in [2.75, 3.05) is 12.4 Å². The maximum atomic E-state index is 6.41. The molecule has 1 aliphatic heterocycles. The number of methoxy groups -OCH3 is 1. The van der Waals surface area contributed by atoms with E-state index in [4.69, 9.17) is 21.1 Å². The van der Waals surface area contributed by atoms with Gasteiger partial charge in [0, 0.05) is 27.8 Å². The molecule has 1 N–H and O–H groups in total. The molecule has 128 valence electrons. The van der Waals surface area contributed by atoms with Gasteiger partial charge >= 0.3 is 0 Å². The number of hydrogen-bond acceptors (Lipinski definition) is 3. The van der Waals surface area contributed by atoms with Crippen LogP contribution in [0.25, 0.3) is 0 Å². The van der Waals surface area contributed by atoms with Crippen LogP contribution >= 0.6 is 11.6 Å². The highest BCUT2D eigenvalue weighted by Crippen LogP contribution is 2.43. The molecule has 0 aromatic heterocycles. The van der Waals surface area contributed by atoms with E-state index >= 15 is 0 Å². The first kappa shape index (κ1) is 16.3. The van der Waals surface area contributed by atoms with Crippen LogP contribution in [0.5, 0.6) is 5.75 Å². The zero-order valence-corrected chi connectivity index (χ0v) is 15.1. The van der Waals surface area contributed by atoms with Gasteiger partial charge < -0.3 is 14.8 Å². The van der Waals surface area contributed by atoms with E-state index in [-0.39, 0.29) is 6.23 Å². The van der Waals surface area contributed by atoms with Gasteiger partial charge in [-0.15, -0.1) is 0 Å². The largest absolute Gasteiger partial charge is 0.497 e. The maximum absolute atomic E-state index is 6.41. The summed E-state index contributed by atoms with van der Waals surface area (Å²) in [5, 5.41) is 4.13. The molecule has 4 rings (SSSR count). The second kappa shape index (κ2) is 6.29. The van der Waals surface area contributed by atoms with Gasteiger partial charge in [0.05, 0.1) is 7.11 Å². The Hall–Kier alpha value is -2.15. The summed E-state index contributed by atoms with van der Waals surface area (Å²) < 4.78 is 11.6. The fourth-order valence-corrected chi connectivity index (χ4v) is 3.17. The molecule has 1 saturated carbocycles. The second-order valence-corrected chi connectivity index (χ2v) is 7.12. The Morgan fingerprint density at radius 3 is 2.64 bits per heavy atom. The lowest BCUT2D eigenvalue weighted by Crippen LogP contribution is -2.35. The van der Waals surface area contributed by atoms with Crippen molar-refractivity contribution in [3.05, 3.63) is 58.6 Å². The van der Waals surface area contributed by atoms with E-state index in [1.807, 2.05) is 49.4 Å². The van der Waals surface area contributed by atoms with Gasteiger partial charge in [-0.1, -0.05) is 35.6 Å². The van der Waals surface area contributed by atoms with Gasteiger partial charge in [-0.3, -0.25) is 0 Å². The van der Waals surface area contributed by atoms with Crippen LogP contribution < -0.4 is 10.1 Å². The molecule has 2 aliphatic rings. The van der Waals surface area contributed by atoms with Crippen LogP contribution in [0.4, 0.5) is 5.69 Å². The molecule has 1 unspecified atom stereocenters. The Kier molecular flexibility index (Phi) is 4.11. The normalized spacial score (nSPS) is 24.5. The van der Waals surface area contributed by atoms with Crippen molar-refractivity contribution in [3.63, 3.8) is 0 Å². The van der Waals surface area contributed by atoms with Gasteiger partial charge in [-0.25, -0.2) is 0 Å². The molecule has 0 bridgehead atoms. The number of anilines is 1. The molecular formula is C21H20ClNO2. The SMILES string of the molecule is COc1ccc(C2Nc3ccc(Cl)cc3[C@](C)(C#CC3CC3)O2)cc1. The minimum atomic E-state index is -0.696. The highest BCUT2D eigenvalue weighted by atomic mass is 35.5. The summed E-state index contributed by atoms with van der Waals surface area (Å²) in [6.45, 7) is 2.02. The average Bonchev–Trinajstić information content (AvgIpc) is 3.45. The lowest BCUT2D eigenvalue weighted by molar-refractivity contribution is -0.0462. The Morgan fingerprint density at radius 1 is 1.20 bits per heavy atom. The average molecular weight is 354 g/mol. The molecule has 1 heterocycles. The van der Waals surface area contributed by atoms with Gasteiger partial charge in [0.25, 0.3) is 0 Å². The standard InChI is InChI=1S/C21H20ClNO2/c1-21(12-11-14-3-4-14)18-13-16(22)7-10-19(18)23-20(25-21)15-5-8-17(24-2)9-6-15/h5-10,13-14,20,23H,3-4H2,1-2H3/t20?,21-/m0/s1. The monoisotopic (exact) mass is 353 g/mol. The number of benzene rings is 2. The van der Waals surface area contributed by atoms with E-state index in [2.05, 4.69) is 17.2 Å². The van der Waals surface area contributed by atoms with Crippen molar-refractivity contribution < 1.29 is 9.47 Å². The van der Waals surface area contributed by atoms with Crippen LogP contribution in [0.3, 0.4) is 0 Å². The Bertz CT molecular complexity index is 848. The molecule has 0 radical (unpaired) electrons. The summed E-state index contributed by atoms with van der Waals surface area (Å²) in [7, 11) is 1.66. The molecule has 0 spiro atoms. The molecule has 25 heavy (non-hydrogen) atoms. The molecular weight excluding hydrogens is 334 g/mol. The highest BCUT2D eigenvalue weighted by molar-refractivity contribution is 6.30. The quantitative estimate of drug-likeness (QED) is 0.760. The lowest BCUT2D eigenvalue weighted by atomic mass is 9.91. The highest BCUT2D eigenvalue weighted by Gasteiger charge is 2.37. The molecule has 1 aliphatic carbocycles. The Labute approximate surface area is 153 Å². The van der Waals surface area contributed by atoms with Crippen LogP contribution in [0.15, 0.2) is 42.5 Å². The van der Waals surface area contributed by atoms with E-state index in [0.29, 0.717) is 10.9 Å². The first-order chi connectivity index (χ1) is 12.1. The number of halogens is 1. The van der Waals surface area contributed by atoms with Crippen LogP contribution in [0.2, 0.25) is 5.02 Å². The van der Waals surface area contributed by atoms with Crippen molar-refractivity contribution in [1.29, 1.82) is 0 Å². The Balaban J connectivity index is 1.72. The minimum absolute atomic E-state index is 0.280. The summed E-state index contributed by atoms with van der Waals surface area (Å²) in [6, 6.07) is 13.7. The fraction of sp³-hybridized carbons (Fsp3) is 0.333. The van der Waals surface area contributed by atoms with Crippen LogP contribution in [-0.2, 0) is 10.3 Å². The molecule has 3 nitrogen and oxygen atoms in total. The zero-order valence-electron chi connectivity index (χ0n) is 14.3. The van der Waals surface area contributed by atoms with E-state index in [1.54, 1.807) is 7.11 Å². The molecule has 2 atom stereocenters. The van der Waals surface area contributed by atoms with Gasteiger partial charge in [0.1, 0.15) is 5.75 Å². The van der Waals surface area contributed by atoms with E-state index < -0.39 is 5.60 Å². The van der Waals surface area contributed by atoms with Crippen molar-refractivity contribution in [3.8, 4) is 17.6 Å². The predicted octanol–water partition coefficient (Wildman–Crippen LogP) is 5.12. The van der Waals surface area contributed by atoms with Gasteiger partial charge in [-0.2, -0.15) is 0 Å². The molecule has 4 heteroatoms. The first-order valence-corrected chi connectivity index (χ1v) is 8.86. The lowest BCUT2D eigenvalue weighted by Gasteiger charge is -2.38. The van der Waals surface area contributed by atoms with Gasteiger partial charge in [0.15, 0.2) is 11.8 Å². The van der Waals surface area contributed by atoms with E-state index in [1.165, 1.54) is 12.8 Å². The molecule has 1 fully saturated rings. The number of ether oxygens (including phenoxy) is 2. The number of fused-ring (bicyclic) bond motifs is 1. The number of hydrogen-bond donors (Lipinski definition) is 1. The molecule has 2 aromatic rings. The van der Waals surface area contributed by atoms with Crippen LogP contribution in [0.1, 0.15) is 37.1 Å². The van der Waals surface area contributed by atoms with Crippen LogP contribution in [0, 0.1) is 17.8 Å². The topological polar surface area (TPSA) is 30.5 Å². The fourth-order valence-electron chi connectivity index (χ4n) is 3.00. The maximum Gasteiger partial charge on any atom is 0.156 e. The molecule has 2 aromatic carbocycles. The van der Waals surface area contributed by atoms with Crippen molar-refractivity contribution in [2.45, 2.75) is 31.6 Å². The predicted molar refractivity (Wildman–Crippen MR) is 99.7 cm³/mol. The third-order valence-electron chi connectivity index (χ3n) is 4.65. The van der Waals surface area contributed by atoms with Crippen LogP contribution in [-0.4, -0.2) is 7.11 Å². The minimum Gasteiger partial charge on any atom is -0.497 e. The molecule has 0 saturated heterocycles. The smallest absolute Gasteiger partial charge is 0.156 e. The van der Waals surface area contributed by atoms with Crippen molar-refractivity contribution >= 4 is 17.3 Å². The number of nitrogens with one attached hydrogen (secondary N) is 1. The second-order valence-electron chi connectivity index (χ2n) is 6.68. The molecule has 0 amide bonds. The van der Waals surface area contributed by atoms with Gasteiger partial charge in [-0.05, 0) is 50.1 Å². The first-order valence-electron chi connectivity index (χ1n) is 8.48. The third kappa shape index (κ3) is 3.33. The van der Waals surface area contributed by atoms with Crippen molar-refractivity contribution in [1.82, 2.24) is 0 Å². The zero-order chi connectivity index (χ0) is 17.4. The summed E-state index contributed by atoms with van der Waals surface area (Å²) >= 11 is 6.22. The van der Waals surface area contributed by atoms with Crippen molar-refractivity contribution in [2.24, 2.45) is 5.92 Å². The van der Waals surface area contributed by atoms with E-state index in [9.17, 15) is 0 Å². The Morgan fingerprint density at radius 2 is 1.96 bits per heavy atom. The van der Waals surface area contributed by atoms with Gasteiger partial charge in [0.2, 0.25) is 0 Å². The summed E-state index contributed by atoms with van der Waals surface area (Å²) in [4.78, 5) is 0. The summed E-state index contributed by atoms with van der Waals surface area (Å²) in [5.74, 6) is 8.06. The summed E-state index contributed by atoms with van der Waals surface area (Å²) in [5.41, 5.74) is 2.32. The summed E-state index contributed by atoms with van der Waals surface area (Å²) in [6.07, 6.45) is 2.09.